The van der Waals surface area contributed by atoms with E-state index < -0.39 is 0 Å². The molecule has 0 fully saturated rings. The summed E-state index contributed by atoms with van der Waals surface area (Å²) in [5, 5.41) is 3.56. The fourth-order valence-electron chi connectivity index (χ4n) is 1.82. The number of rotatable bonds is 9. The van der Waals surface area contributed by atoms with Crippen LogP contribution in [0.1, 0.15) is 51.7 Å². The SMILES string of the molecule is CCCCCCNC(C)CCc1ccco1. The quantitative estimate of drug-likeness (QED) is 0.645. The second-order valence-corrected chi connectivity index (χ2v) is 4.53. The summed E-state index contributed by atoms with van der Waals surface area (Å²) < 4.78 is 5.31. The van der Waals surface area contributed by atoms with Crippen LogP contribution in [0.15, 0.2) is 22.8 Å². The Balaban J connectivity index is 1.96. The molecule has 0 aliphatic heterocycles. The third-order valence-corrected chi connectivity index (χ3v) is 2.93. The Morgan fingerprint density at radius 2 is 2.19 bits per heavy atom. The van der Waals surface area contributed by atoms with E-state index in [2.05, 4.69) is 19.2 Å². The molecule has 0 amide bonds. The molecule has 2 heteroatoms. The molecule has 92 valence electrons. The zero-order valence-corrected chi connectivity index (χ0v) is 10.7. The van der Waals surface area contributed by atoms with E-state index in [-0.39, 0.29) is 0 Å². The Labute approximate surface area is 99.4 Å². The molecular weight excluding hydrogens is 198 g/mol. The molecule has 1 N–H and O–H groups in total. The molecule has 1 aromatic rings. The fourth-order valence-corrected chi connectivity index (χ4v) is 1.82. The molecule has 1 aromatic heterocycles. The van der Waals surface area contributed by atoms with Gasteiger partial charge in [0.25, 0.3) is 0 Å². The lowest BCUT2D eigenvalue weighted by molar-refractivity contribution is 0.454. The maximum absolute atomic E-state index is 5.31. The van der Waals surface area contributed by atoms with Crippen LogP contribution in [0, 0.1) is 0 Å². The van der Waals surface area contributed by atoms with Gasteiger partial charge in [0.05, 0.1) is 6.26 Å². The van der Waals surface area contributed by atoms with Crippen LogP contribution in [-0.4, -0.2) is 12.6 Å². The Morgan fingerprint density at radius 1 is 1.31 bits per heavy atom. The van der Waals surface area contributed by atoms with Gasteiger partial charge in [-0.05, 0) is 38.4 Å². The molecule has 0 saturated heterocycles. The van der Waals surface area contributed by atoms with Gasteiger partial charge in [-0.2, -0.15) is 0 Å². The average molecular weight is 223 g/mol. The molecule has 1 rings (SSSR count). The Kier molecular flexibility index (Phi) is 6.98. The van der Waals surface area contributed by atoms with Crippen molar-refractivity contribution in [3.8, 4) is 0 Å². The van der Waals surface area contributed by atoms with E-state index in [1.807, 2.05) is 12.1 Å². The van der Waals surface area contributed by atoms with Crippen molar-refractivity contribution in [3.05, 3.63) is 24.2 Å². The summed E-state index contributed by atoms with van der Waals surface area (Å²) in [6.07, 6.45) is 9.28. The molecular formula is C14H25NO. The third-order valence-electron chi connectivity index (χ3n) is 2.93. The Hall–Kier alpha value is -0.760. The number of nitrogens with one attached hydrogen (secondary N) is 1. The number of furan rings is 1. The summed E-state index contributed by atoms with van der Waals surface area (Å²) in [5.74, 6) is 1.10. The van der Waals surface area contributed by atoms with Crippen LogP contribution < -0.4 is 5.32 Å². The zero-order chi connectivity index (χ0) is 11.6. The van der Waals surface area contributed by atoms with E-state index in [9.17, 15) is 0 Å². The maximum Gasteiger partial charge on any atom is 0.103 e. The van der Waals surface area contributed by atoms with E-state index >= 15 is 0 Å². The molecule has 0 aliphatic carbocycles. The second kappa shape index (κ2) is 8.40. The van der Waals surface area contributed by atoms with Crippen LogP contribution >= 0.6 is 0 Å². The summed E-state index contributed by atoms with van der Waals surface area (Å²) in [6, 6.07) is 4.60. The predicted octanol–water partition coefficient (Wildman–Crippen LogP) is 3.77. The minimum atomic E-state index is 0.590. The van der Waals surface area contributed by atoms with E-state index in [0.29, 0.717) is 6.04 Å². The number of hydrogen-bond donors (Lipinski definition) is 1. The third kappa shape index (κ3) is 5.96. The highest BCUT2D eigenvalue weighted by atomic mass is 16.3. The topological polar surface area (TPSA) is 25.2 Å². The van der Waals surface area contributed by atoms with Gasteiger partial charge in [-0.3, -0.25) is 0 Å². The van der Waals surface area contributed by atoms with Crippen molar-refractivity contribution in [2.24, 2.45) is 0 Å². The lowest BCUT2D eigenvalue weighted by Gasteiger charge is -2.12. The summed E-state index contributed by atoms with van der Waals surface area (Å²) in [5.41, 5.74) is 0. The first-order chi connectivity index (χ1) is 7.83. The van der Waals surface area contributed by atoms with E-state index in [0.717, 1.165) is 25.1 Å². The number of hydrogen-bond acceptors (Lipinski definition) is 2. The van der Waals surface area contributed by atoms with E-state index in [1.54, 1.807) is 6.26 Å². The van der Waals surface area contributed by atoms with Crippen molar-refractivity contribution in [3.63, 3.8) is 0 Å². The lowest BCUT2D eigenvalue weighted by Crippen LogP contribution is -2.27. The van der Waals surface area contributed by atoms with Crippen LogP contribution in [0.5, 0.6) is 0 Å². The molecule has 1 heterocycles. The molecule has 1 unspecified atom stereocenters. The highest BCUT2D eigenvalue weighted by molar-refractivity contribution is 4.98. The smallest absolute Gasteiger partial charge is 0.103 e. The molecule has 2 nitrogen and oxygen atoms in total. The van der Waals surface area contributed by atoms with Gasteiger partial charge in [0.15, 0.2) is 0 Å². The normalized spacial score (nSPS) is 12.9. The standard InChI is InChI=1S/C14H25NO/c1-3-4-5-6-11-15-13(2)9-10-14-8-7-12-16-14/h7-8,12-13,15H,3-6,9-11H2,1-2H3. The largest absolute Gasteiger partial charge is 0.469 e. The van der Waals surface area contributed by atoms with E-state index in [1.165, 1.54) is 25.7 Å². The number of aryl methyl sites for hydroxylation is 1. The molecule has 0 aliphatic rings. The lowest BCUT2D eigenvalue weighted by atomic mass is 10.1. The number of unbranched alkanes of at least 4 members (excludes halogenated alkanes) is 3. The van der Waals surface area contributed by atoms with Crippen LogP contribution in [0.25, 0.3) is 0 Å². The minimum absolute atomic E-state index is 0.590. The summed E-state index contributed by atoms with van der Waals surface area (Å²) in [4.78, 5) is 0. The minimum Gasteiger partial charge on any atom is -0.469 e. The summed E-state index contributed by atoms with van der Waals surface area (Å²) in [7, 11) is 0. The molecule has 0 spiro atoms. The Morgan fingerprint density at radius 3 is 2.88 bits per heavy atom. The molecule has 0 radical (unpaired) electrons. The average Bonchev–Trinajstić information content (AvgIpc) is 2.79. The van der Waals surface area contributed by atoms with Crippen LogP contribution in [0.3, 0.4) is 0 Å². The van der Waals surface area contributed by atoms with Crippen molar-refractivity contribution in [2.45, 2.75) is 58.4 Å². The predicted molar refractivity (Wildman–Crippen MR) is 68.6 cm³/mol. The van der Waals surface area contributed by atoms with Crippen molar-refractivity contribution in [1.29, 1.82) is 0 Å². The van der Waals surface area contributed by atoms with Gasteiger partial charge < -0.3 is 9.73 Å². The van der Waals surface area contributed by atoms with Gasteiger partial charge in [-0.25, -0.2) is 0 Å². The van der Waals surface area contributed by atoms with Gasteiger partial charge in [0.2, 0.25) is 0 Å². The van der Waals surface area contributed by atoms with Crippen molar-refractivity contribution in [2.75, 3.05) is 6.54 Å². The van der Waals surface area contributed by atoms with Crippen LogP contribution in [0.2, 0.25) is 0 Å². The fraction of sp³-hybridized carbons (Fsp3) is 0.714. The first-order valence-electron chi connectivity index (χ1n) is 6.58. The Bertz CT molecular complexity index is 243. The maximum atomic E-state index is 5.31. The first-order valence-corrected chi connectivity index (χ1v) is 6.58. The van der Waals surface area contributed by atoms with E-state index in [4.69, 9.17) is 4.42 Å². The zero-order valence-electron chi connectivity index (χ0n) is 10.7. The van der Waals surface area contributed by atoms with Gasteiger partial charge in [-0.15, -0.1) is 0 Å². The van der Waals surface area contributed by atoms with Gasteiger partial charge >= 0.3 is 0 Å². The highest BCUT2D eigenvalue weighted by Gasteiger charge is 2.02. The second-order valence-electron chi connectivity index (χ2n) is 4.53. The van der Waals surface area contributed by atoms with Crippen molar-refractivity contribution >= 4 is 0 Å². The van der Waals surface area contributed by atoms with Gasteiger partial charge in [0, 0.05) is 12.5 Å². The molecule has 0 bridgehead atoms. The molecule has 16 heavy (non-hydrogen) atoms. The first kappa shape index (κ1) is 13.3. The van der Waals surface area contributed by atoms with Crippen LogP contribution in [0.4, 0.5) is 0 Å². The molecule has 0 aromatic carbocycles. The summed E-state index contributed by atoms with van der Waals surface area (Å²) >= 11 is 0. The van der Waals surface area contributed by atoms with Crippen LogP contribution in [-0.2, 0) is 6.42 Å². The molecule has 0 saturated carbocycles. The monoisotopic (exact) mass is 223 g/mol. The summed E-state index contributed by atoms with van der Waals surface area (Å²) in [6.45, 7) is 5.65. The molecule has 1 atom stereocenters. The van der Waals surface area contributed by atoms with Gasteiger partial charge in [0.1, 0.15) is 5.76 Å². The van der Waals surface area contributed by atoms with Gasteiger partial charge in [-0.1, -0.05) is 26.2 Å². The van der Waals surface area contributed by atoms with Crippen molar-refractivity contribution in [1.82, 2.24) is 5.32 Å². The van der Waals surface area contributed by atoms with Crippen molar-refractivity contribution < 1.29 is 4.42 Å². The highest BCUT2D eigenvalue weighted by Crippen LogP contribution is 2.06.